The molecule has 1 fully saturated rings. The first kappa shape index (κ1) is 17.3. The molecule has 2 aromatic heterocycles. The summed E-state index contributed by atoms with van der Waals surface area (Å²) in [6, 6.07) is 1.44. The van der Waals surface area contributed by atoms with Crippen molar-refractivity contribution in [3.63, 3.8) is 0 Å². The Balaban J connectivity index is 1.63. The number of rotatable bonds is 4. The number of hydrogen-bond acceptors (Lipinski definition) is 5. The van der Waals surface area contributed by atoms with Crippen molar-refractivity contribution in [3.8, 4) is 0 Å². The molecule has 1 N–H and O–H groups in total. The minimum atomic E-state index is -0.362. The van der Waals surface area contributed by atoms with Gasteiger partial charge in [0.1, 0.15) is 11.9 Å². The van der Waals surface area contributed by atoms with Gasteiger partial charge in [-0.2, -0.15) is 5.10 Å². The summed E-state index contributed by atoms with van der Waals surface area (Å²) in [5, 5.41) is 4.30. The largest absolute Gasteiger partial charge is 0.368 e. The van der Waals surface area contributed by atoms with Crippen LogP contribution in [0.4, 0.5) is 0 Å². The van der Waals surface area contributed by atoms with E-state index in [1.54, 1.807) is 16.5 Å². The predicted octanol–water partition coefficient (Wildman–Crippen LogP) is 0.653. The Labute approximate surface area is 145 Å². The number of amides is 1. The molecule has 3 rings (SSSR count). The van der Waals surface area contributed by atoms with E-state index in [9.17, 15) is 9.59 Å². The molecule has 25 heavy (non-hydrogen) atoms. The highest BCUT2D eigenvalue weighted by molar-refractivity contribution is 5.76. The van der Waals surface area contributed by atoms with Crippen LogP contribution in [0.2, 0.25) is 0 Å². The summed E-state index contributed by atoms with van der Waals surface area (Å²) in [4.78, 5) is 32.9. The van der Waals surface area contributed by atoms with Crippen molar-refractivity contribution >= 4 is 5.91 Å². The first-order valence-electron chi connectivity index (χ1n) is 8.38. The summed E-state index contributed by atoms with van der Waals surface area (Å²) in [7, 11) is 1.88. The lowest BCUT2D eigenvalue weighted by Crippen LogP contribution is -2.42. The number of aromatic amines is 1. The van der Waals surface area contributed by atoms with Crippen molar-refractivity contribution < 1.29 is 9.53 Å². The fraction of sp³-hybridized carbons (Fsp3) is 0.529. The maximum Gasteiger partial charge on any atom is 0.251 e. The van der Waals surface area contributed by atoms with Crippen molar-refractivity contribution in [2.24, 2.45) is 7.05 Å². The van der Waals surface area contributed by atoms with Crippen LogP contribution in [0.3, 0.4) is 0 Å². The number of carbonyl (C=O) groups excluding carboxylic acids is 1. The standard InChI is InChI=1S/C17H23N5O3/c1-11-13(9-21(3)20-11)4-5-17(24)22-6-7-25-15(10-22)14-8-16(23)19-12(2)18-14/h8-9,15H,4-7,10H2,1-3H3,(H,18,19,23). The fourth-order valence-corrected chi connectivity index (χ4v) is 3.12. The minimum absolute atomic E-state index is 0.0816. The zero-order valence-corrected chi connectivity index (χ0v) is 14.8. The van der Waals surface area contributed by atoms with Crippen LogP contribution in [-0.4, -0.2) is 50.3 Å². The van der Waals surface area contributed by atoms with E-state index in [2.05, 4.69) is 15.1 Å². The molecule has 0 aliphatic carbocycles. The number of aromatic nitrogens is 4. The minimum Gasteiger partial charge on any atom is -0.368 e. The van der Waals surface area contributed by atoms with Gasteiger partial charge in [-0.05, 0) is 25.8 Å². The fourth-order valence-electron chi connectivity index (χ4n) is 3.12. The average Bonchev–Trinajstić information content (AvgIpc) is 2.89. The van der Waals surface area contributed by atoms with Crippen LogP contribution < -0.4 is 5.56 Å². The summed E-state index contributed by atoms with van der Waals surface area (Å²) in [6.07, 6.45) is 2.69. The number of morpholine rings is 1. The molecule has 3 heterocycles. The Morgan fingerprint density at radius 1 is 1.44 bits per heavy atom. The van der Waals surface area contributed by atoms with Crippen LogP contribution in [0.25, 0.3) is 0 Å². The molecule has 1 aliphatic rings. The molecule has 2 aromatic rings. The maximum atomic E-state index is 12.6. The summed E-state index contributed by atoms with van der Waals surface area (Å²) in [5.74, 6) is 0.625. The highest BCUT2D eigenvalue weighted by Crippen LogP contribution is 2.20. The van der Waals surface area contributed by atoms with Crippen molar-refractivity contribution in [3.05, 3.63) is 45.4 Å². The highest BCUT2D eigenvalue weighted by atomic mass is 16.5. The number of nitrogens with one attached hydrogen (secondary N) is 1. The third-order valence-electron chi connectivity index (χ3n) is 4.35. The topological polar surface area (TPSA) is 93.1 Å². The van der Waals surface area contributed by atoms with Crippen LogP contribution >= 0.6 is 0 Å². The van der Waals surface area contributed by atoms with Crippen LogP contribution in [0, 0.1) is 13.8 Å². The van der Waals surface area contributed by atoms with E-state index < -0.39 is 0 Å². The third-order valence-corrected chi connectivity index (χ3v) is 4.35. The molecule has 0 bridgehead atoms. The van der Waals surface area contributed by atoms with E-state index in [0.29, 0.717) is 44.1 Å². The smallest absolute Gasteiger partial charge is 0.251 e. The Hall–Kier alpha value is -2.48. The molecule has 0 aromatic carbocycles. The summed E-state index contributed by atoms with van der Waals surface area (Å²) >= 11 is 0. The molecule has 0 spiro atoms. The Morgan fingerprint density at radius 2 is 2.24 bits per heavy atom. The van der Waals surface area contributed by atoms with E-state index >= 15 is 0 Å². The zero-order valence-electron chi connectivity index (χ0n) is 14.8. The van der Waals surface area contributed by atoms with Gasteiger partial charge in [0.2, 0.25) is 5.91 Å². The lowest BCUT2D eigenvalue weighted by atomic mass is 10.1. The van der Waals surface area contributed by atoms with Crippen LogP contribution in [-0.2, 0) is 23.0 Å². The van der Waals surface area contributed by atoms with Gasteiger partial charge in [-0.1, -0.05) is 0 Å². The quantitative estimate of drug-likeness (QED) is 0.878. The Bertz CT molecular complexity index is 826. The molecule has 1 atom stereocenters. The monoisotopic (exact) mass is 345 g/mol. The molecule has 0 radical (unpaired) electrons. The van der Waals surface area contributed by atoms with Gasteiger partial charge in [0.15, 0.2) is 0 Å². The van der Waals surface area contributed by atoms with Crippen LogP contribution in [0.1, 0.15) is 35.3 Å². The molecule has 1 amide bonds. The van der Waals surface area contributed by atoms with Gasteiger partial charge < -0.3 is 14.6 Å². The lowest BCUT2D eigenvalue weighted by Gasteiger charge is -2.32. The van der Waals surface area contributed by atoms with Crippen molar-refractivity contribution in [1.82, 2.24) is 24.6 Å². The van der Waals surface area contributed by atoms with E-state index in [-0.39, 0.29) is 17.6 Å². The van der Waals surface area contributed by atoms with Gasteiger partial charge in [0, 0.05) is 32.3 Å². The number of H-pyrrole nitrogens is 1. The molecular weight excluding hydrogens is 322 g/mol. The van der Waals surface area contributed by atoms with Gasteiger partial charge >= 0.3 is 0 Å². The molecule has 8 heteroatoms. The van der Waals surface area contributed by atoms with Gasteiger partial charge in [-0.3, -0.25) is 14.3 Å². The molecule has 1 unspecified atom stereocenters. The van der Waals surface area contributed by atoms with Crippen molar-refractivity contribution in [2.45, 2.75) is 32.8 Å². The summed E-state index contributed by atoms with van der Waals surface area (Å²) in [6.45, 7) is 5.10. The van der Waals surface area contributed by atoms with E-state index in [1.165, 1.54) is 6.07 Å². The number of hydrogen-bond donors (Lipinski definition) is 1. The third kappa shape index (κ3) is 4.14. The van der Waals surface area contributed by atoms with E-state index in [4.69, 9.17) is 4.74 Å². The summed E-state index contributed by atoms with van der Waals surface area (Å²) < 4.78 is 7.48. The van der Waals surface area contributed by atoms with E-state index in [0.717, 1.165) is 11.3 Å². The van der Waals surface area contributed by atoms with Crippen LogP contribution in [0.5, 0.6) is 0 Å². The maximum absolute atomic E-state index is 12.6. The number of carbonyl (C=O) groups is 1. The normalized spacial score (nSPS) is 17.7. The number of nitrogens with zero attached hydrogens (tertiary/aromatic N) is 4. The number of aryl methyl sites for hydroxylation is 4. The molecule has 0 saturated carbocycles. The Kier molecular flexibility index (Phi) is 4.98. The molecule has 134 valence electrons. The molecule has 1 saturated heterocycles. The highest BCUT2D eigenvalue weighted by Gasteiger charge is 2.26. The average molecular weight is 345 g/mol. The van der Waals surface area contributed by atoms with Gasteiger partial charge in [-0.25, -0.2) is 4.98 Å². The van der Waals surface area contributed by atoms with Gasteiger partial charge in [-0.15, -0.1) is 0 Å². The first-order valence-corrected chi connectivity index (χ1v) is 8.38. The molecule has 8 nitrogen and oxygen atoms in total. The Morgan fingerprint density at radius 3 is 2.92 bits per heavy atom. The van der Waals surface area contributed by atoms with E-state index in [1.807, 2.05) is 20.2 Å². The van der Waals surface area contributed by atoms with Crippen molar-refractivity contribution in [2.75, 3.05) is 19.7 Å². The SMILES string of the molecule is Cc1nc(C2CN(C(=O)CCc3cn(C)nc3C)CCO2)cc(=O)[nH]1. The zero-order chi connectivity index (χ0) is 18.0. The second-order valence-electron chi connectivity index (χ2n) is 6.37. The first-order chi connectivity index (χ1) is 11.9. The lowest BCUT2D eigenvalue weighted by molar-refractivity contribution is -0.139. The second-order valence-corrected chi connectivity index (χ2v) is 6.37. The second kappa shape index (κ2) is 7.18. The molecule has 1 aliphatic heterocycles. The number of ether oxygens (including phenoxy) is 1. The molecular formula is C17H23N5O3. The van der Waals surface area contributed by atoms with Gasteiger partial charge in [0.25, 0.3) is 5.56 Å². The van der Waals surface area contributed by atoms with Gasteiger partial charge in [0.05, 0.1) is 24.5 Å². The van der Waals surface area contributed by atoms with Crippen molar-refractivity contribution in [1.29, 1.82) is 0 Å². The predicted molar refractivity (Wildman–Crippen MR) is 91.1 cm³/mol. The van der Waals surface area contributed by atoms with Crippen LogP contribution in [0.15, 0.2) is 17.1 Å². The summed E-state index contributed by atoms with van der Waals surface area (Å²) in [5.41, 5.74) is 2.41.